The van der Waals surface area contributed by atoms with E-state index in [4.69, 9.17) is 61.0 Å². The van der Waals surface area contributed by atoms with Crippen LogP contribution in [0.3, 0.4) is 0 Å². The highest BCUT2D eigenvalue weighted by Crippen LogP contribution is 2.38. The van der Waals surface area contributed by atoms with Gasteiger partial charge in [-0.15, -0.1) is 13.2 Å². The molecule has 150 heavy (non-hydrogen) atoms. The van der Waals surface area contributed by atoms with E-state index in [1.54, 1.807) is 19.2 Å². The number of esters is 1. The minimum absolute atomic E-state index is 0.0430. The highest BCUT2D eigenvalue weighted by Gasteiger charge is 2.35. The van der Waals surface area contributed by atoms with Crippen molar-refractivity contribution in [2.24, 2.45) is 11.8 Å². The molecule has 10 aromatic carbocycles. The third kappa shape index (κ3) is 56.3. The third-order valence-corrected chi connectivity index (χ3v) is 27.1. The number of methoxy groups -OCH3 is 2. The predicted molar refractivity (Wildman–Crippen MR) is 633 cm³/mol. The van der Waals surface area contributed by atoms with Crippen LogP contribution in [0.25, 0.3) is 0 Å². The summed E-state index contributed by atoms with van der Waals surface area (Å²) in [5.41, 5.74) is 18.2. The molecule has 2 aliphatic heterocycles. The van der Waals surface area contributed by atoms with Gasteiger partial charge < -0.3 is 19.3 Å². The summed E-state index contributed by atoms with van der Waals surface area (Å²) >= 11 is 26.7. The van der Waals surface area contributed by atoms with Crippen LogP contribution >= 0.6 is 62.3 Å². The highest BCUT2D eigenvalue weighted by molar-refractivity contribution is 9.10. The monoisotopic (exact) mass is 2220 g/mol. The molecule has 20 heteroatoms. The van der Waals surface area contributed by atoms with Crippen molar-refractivity contribution < 1.29 is 59.6 Å². The lowest BCUT2D eigenvalue weighted by Gasteiger charge is -2.40. The number of hydrogen-bond acceptors (Lipinski definition) is 7. The maximum atomic E-state index is 12.5. The van der Waals surface area contributed by atoms with Crippen molar-refractivity contribution in [1.82, 2.24) is 9.80 Å². The van der Waals surface area contributed by atoms with Gasteiger partial charge in [-0.05, 0) is 336 Å². The van der Waals surface area contributed by atoms with Crippen LogP contribution in [-0.2, 0) is 80.1 Å². The predicted octanol–water partition coefficient (Wildman–Crippen LogP) is 40.4. The van der Waals surface area contributed by atoms with E-state index < -0.39 is 24.1 Å². The molecule has 0 bridgehead atoms. The fraction of sp³-hybridized carbons (Fsp3) is 0.523. The van der Waals surface area contributed by atoms with Gasteiger partial charge in [-0.1, -0.05) is 424 Å². The molecule has 8 nitrogen and oxygen atoms in total. The average molecular weight is 2230 g/mol. The molecule has 2 saturated heterocycles. The van der Waals surface area contributed by atoms with E-state index in [9.17, 15) is 40.3 Å². The lowest BCUT2D eigenvalue weighted by atomic mass is 9.82. The summed E-state index contributed by atoms with van der Waals surface area (Å²) in [5, 5.41) is 11.7. The van der Waals surface area contributed by atoms with E-state index in [-0.39, 0.29) is 100 Å². The number of rotatable bonds is 4. The van der Waals surface area contributed by atoms with Gasteiger partial charge in [0.2, 0.25) is 0 Å². The molecule has 1 N–H and O–H groups in total. The Balaban J connectivity index is 0.000000819. The van der Waals surface area contributed by atoms with Gasteiger partial charge in [-0.25, -0.2) is 4.39 Å². The minimum atomic E-state index is -4.62. The SMILES string of the molecule is CC(C)(C)N1CCC(C(=O)O)CC1.CC(C)(C)c1ccc(Br)cc1.CC(C)(C)c1ccc(C(C)(C)C)cc1.CC(C)(C)c1ccc(C(F)(F)F)cc1.CC(C)(C)c1ccc(Cl)c(Cl)c1.CC(C)(C)c1ccc(Cl)cc1.CC(C)(C)c1ccc(F)cc1.CC(C)(C)c1ccc(OC(F)(F)F)cc1.CC(C)(C)c1cccc(Cl)c1.COC(=O)C1CCN(C(C)(C)C)CC1.COc1ccc(C(C)(C)C)cc1.Cc1ccc(C(C)(C)C)cc1C. The number of likely N-dealkylation sites (tertiary alicyclic amines) is 2. The second-order valence-electron chi connectivity index (χ2n) is 51.9. The zero-order chi connectivity index (χ0) is 116. The number of benzene rings is 10. The largest absolute Gasteiger partial charge is 0.573 e. The Morgan fingerprint density at radius 2 is 0.573 bits per heavy atom. The molecular weight excluding hydrogens is 2040 g/mol. The molecule has 2 fully saturated rings. The molecule has 2 aliphatic rings. The number of aliphatic carboxylic acids is 1. The second kappa shape index (κ2) is 59.6. The van der Waals surface area contributed by atoms with Crippen LogP contribution in [-0.4, -0.2) is 84.7 Å². The van der Waals surface area contributed by atoms with Gasteiger partial charge in [0.1, 0.15) is 17.3 Å². The van der Waals surface area contributed by atoms with Crippen LogP contribution in [0.4, 0.5) is 30.7 Å². The fourth-order valence-electron chi connectivity index (χ4n) is 14.6. The lowest BCUT2D eigenvalue weighted by molar-refractivity contribution is -0.274. The fourth-order valence-corrected chi connectivity index (χ4v) is 15.5. The Kier molecular flexibility index (Phi) is 55.6. The Bertz CT molecular complexity index is 5230. The van der Waals surface area contributed by atoms with Crippen LogP contribution < -0.4 is 9.47 Å². The van der Waals surface area contributed by atoms with Gasteiger partial charge >= 0.3 is 24.5 Å². The van der Waals surface area contributed by atoms with Crippen molar-refractivity contribution in [2.45, 2.75) is 393 Å². The van der Waals surface area contributed by atoms with Crippen LogP contribution in [0.15, 0.2) is 235 Å². The second-order valence-corrected chi connectivity index (χ2v) is 54.5. The zero-order valence-corrected chi connectivity index (χ0v) is 104. The number of carboxylic acids is 1. The van der Waals surface area contributed by atoms with Crippen molar-refractivity contribution in [3.05, 3.63) is 339 Å². The van der Waals surface area contributed by atoms with Crippen molar-refractivity contribution in [3.63, 3.8) is 0 Å². The number of carboxylic acid groups (broad SMARTS) is 1. The topological polar surface area (TPSA) is 88.5 Å². The molecule has 0 atom stereocenters. The molecule has 12 rings (SSSR count). The first-order chi connectivity index (χ1) is 67.8. The molecule has 0 aliphatic carbocycles. The smallest absolute Gasteiger partial charge is 0.497 e. The van der Waals surface area contributed by atoms with Gasteiger partial charge in [-0.3, -0.25) is 19.4 Å². The minimum Gasteiger partial charge on any atom is -0.497 e. The Labute approximate surface area is 932 Å². The summed E-state index contributed by atoms with van der Waals surface area (Å²) in [6.07, 6.45) is -5.40. The number of alkyl halides is 6. The van der Waals surface area contributed by atoms with Crippen LogP contribution in [0.2, 0.25) is 20.1 Å². The number of carbonyl (C=O) groups excluding carboxylic acids is 1. The lowest BCUT2D eigenvalue weighted by Crippen LogP contribution is -2.47. The molecular formula is C130H186BrCl4F7N2O6. The summed E-state index contributed by atoms with van der Waals surface area (Å²) in [4.78, 5) is 26.8. The Hall–Kier alpha value is -8.19. The van der Waals surface area contributed by atoms with Gasteiger partial charge in [0, 0.05) is 25.6 Å². The van der Waals surface area contributed by atoms with Gasteiger partial charge in [0.05, 0.1) is 41.7 Å². The van der Waals surface area contributed by atoms with Gasteiger partial charge in [0.15, 0.2) is 0 Å². The van der Waals surface area contributed by atoms with Crippen LogP contribution in [0.1, 0.15) is 374 Å². The summed E-state index contributed by atoms with van der Waals surface area (Å²) < 4.78 is 99.4. The van der Waals surface area contributed by atoms with Crippen molar-refractivity contribution in [2.75, 3.05) is 40.4 Å². The zero-order valence-electron chi connectivity index (χ0n) is 99.2. The number of aryl methyl sites for hydroxylation is 2. The number of halogens is 12. The van der Waals surface area contributed by atoms with Crippen molar-refractivity contribution in [1.29, 1.82) is 0 Å². The molecule has 0 spiro atoms. The van der Waals surface area contributed by atoms with Gasteiger partial charge in [-0.2, -0.15) is 13.2 Å². The van der Waals surface area contributed by atoms with Crippen LogP contribution in [0, 0.1) is 31.5 Å². The molecule has 0 saturated carbocycles. The van der Waals surface area contributed by atoms with Crippen molar-refractivity contribution in [3.8, 4) is 11.5 Å². The van der Waals surface area contributed by atoms with Gasteiger partial charge in [0.25, 0.3) is 0 Å². The third-order valence-electron chi connectivity index (χ3n) is 25.4. The van der Waals surface area contributed by atoms with E-state index in [1.807, 2.05) is 114 Å². The molecule has 0 radical (unpaired) electrons. The number of hydrogen-bond donors (Lipinski definition) is 1. The number of ether oxygens (including phenoxy) is 3. The standard InChI is InChI=1S/C14H22.C12H18.C11H13F3O.C11H13F3.C11H21NO2.C11H16O.C10H13Br.C10H12Cl2.2C10H13Cl.C10H13F.C10H19NO2/c1-13(2,3)11-7-9-12(10-8-11)14(4,5)6;1-9-6-7-11(8-10(9)2)12(3,4)5;1-10(2,3)8-4-6-9(7-5-8)15-11(12,13)14;1-10(2,3)8-4-6-9(7-5-8)11(12,13)14;1-11(2,3)12-7-5-9(6-8-12)10(13)14-4;1-11(2,3)9-5-7-10(12-4)8-6-9;1-10(2,3)8-4-6-9(11)7-5-8;1-10(2,3)7-4-5-8(11)9(12)6-7;1-10(2,3)8-4-6-9(11)7-5-8;1-10(2,3)8-5-4-6-9(11)7-8;1-10(2,3)8-4-6-9(11)7-5-8;1-10(2,3)11-6-4-8(5-7-11)9(12)13/h7-10H,1-6H3;6-8H,1-5H3;4-7H,1-3H3;4-7H,1-3H3;9H,5-8H2,1-4H3;5-8H,1-4H3;4-7H,1-3H3;4-6H,1-3H3;3*4-7H,1-3H3;8H,4-7H2,1-3H3,(H,12,13). The maximum Gasteiger partial charge on any atom is 0.573 e. The Morgan fingerprint density at radius 3 is 0.840 bits per heavy atom. The quantitative estimate of drug-likeness (QED) is 0.138. The van der Waals surface area contributed by atoms with E-state index in [0.29, 0.717) is 10.0 Å². The summed E-state index contributed by atoms with van der Waals surface area (Å²) in [7, 11) is 3.16. The molecule has 0 amide bonds. The molecule has 0 unspecified atom stereocenters. The highest BCUT2D eigenvalue weighted by atomic mass is 79.9. The first-order valence-electron chi connectivity index (χ1n) is 52.0. The summed E-state index contributed by atoms with van der Waals surface area (Å²) in [6.45, 7) is 92.6. The number of carbonyl (C=O) groups is 2. The summed E-state index contributed by atoms with van der Waals surface area (Å²) in [6, 6.07) is 72.1. The first kappa shape index (κ1) is 140. The molecule has 836 valence electrons. The molecule has 0 aromatic heterocycles. The van der Waals surface area contributed by atoms with E-state index in [0.717, 1.165) is 95.4 Å². The van der Waals surface area contributed by atoms with E-state index in [1.165, 1.54) is 105 Å². The molecule has 10 aromatic rings. The Morgan fingerprint density at radius 1 is 0.307 bits per heavy atom. The van der Waals surface area contributed by atoms with E-state index >= 15 is 0 Å². The van der Waals surface area contributed by atoms with Crippen LogP contribution in [0.5, 0.6) is 11.5 Å². The average Bonchev–Trinajstić information content (AvgIpc) is 0.835. The first-order valence-corrected chi connectivity index (χ1v) is 54.3. The normalized spacial score (nSPS) is 13.7. The summed E-state index contributed by atoms with van der Waals surface area (Å²) in [5.74, 6) is -0.0965. The van der Waals surface area contributed by atoms with Crippen molar-refractivity contribution >= 4 is 74.3 Å². The molecule has 2 heterocycles. The van der Waals surface area contributed by atoms with E-state index in [2.05, 4.69) is 370 Å². The maximum absolute atomic E-state index is 12.5. The number of nitrogens with zero attached hydrogens (tertiary/aromatic N) is 2. The number of piperidine rings is 2.